The Balaban J connectivity index is 1.63. The molecule has 0 aromatic rings. The molecule has 2 heterocycles. The third kappa shape index (κ3) is 3.42. The van der Waals surface area contributed by atoms with E-state index in [1.165, 1.54) is 5.71 Å². The van der Waals surface area contributed by atoms with E-state index < -0.39 is 0 Å². The SMILES string of the molecule is CCN1CS(=CC(C=S2CN(C)C3CC=CC=C32)=NC)C2=CC=CCC21. The molecule has 0 aromatic carbocycles. The van der Waals surface area contributed by atoms with E-state index in [0.717, 1.165) is 31.1 Å². The summed E-state index contributed by atoms with van der Waals surface area (Å²) < 4.78 is 0. The van der Waals surface area contributed by atoms with E-state index in [-0.39, 0.29) is 21.0 Å². The lowest BCUT2D eigenvalue weighted by molar-refractivity contribution is 0.294. The Labute approximate surface area is 162 Å². The maximum Gasteiger partial charge on any atom is 0.0688 e. The topological polar surface area (TPSA) is 18.8 Å². The normalized spacial score (nSPS) is 35.0. The van der Waals surface area contributed by atoms with Gasteiger partial charge < -0.3 is 0 Å². The van der Waals surface area contributed by atoms with Gasteiger partial charge >= 0.3 is 0 Å². The van der Waals surface area contributed by atoms with Crippen molar-refractivity contribution < 1.29 is 0 Å². The molecule has 2 aliphatic heterocycles. The molecule has 5 heteroatoms. The summed E-state index contributed by atoms with van der Waals surface area (Å²) in [5, 5.41) is 4.89. The molecule has 2 saturated heterocycles. The molecular formula is C21H29N3S2. The number of allylic oxidation sites excluding steroid dienone is 4. The van der Waals surface area contributed by atoms with Crippen molar-refractivity contribution in [3.05, 3.63) is 46.3 Å². The molecule has 26 heavy (non-hydrogen) atoms. The van der Waals surface area contributed by atoms with Crippen LogP contribution in [0.3, 0.4) is 0 Å². The molecule has 140 valence electrons. The van der Waals surface area contributed by atoms with Crippen LogP contribution in [0.15, 0.2) is 51.3 Å². The fourth-order valence-electron chi connectivity index (χ4n) is 4.12. The Kier molecular flexibility index (Phi) is 5.60. The second kappa shape index (κ2) is 7.93. The lowest BCUT2D eigenvalue weighted by atomic mass is 10.1. The third-order valence-electron chi connectivity index (χ3n) is 5.59. The van der Waals surface area contributed by atoms with Gasteiger partial charge in [-0.3, -0.25) is 14.8 Å². The van der Waals surface area contributed by atoms with Crippen molar-refractivity contribution in [2.45, 2.75) is 31.8 Å². The smallest absolute Gasteiger partial charge is 0.0688 e. The lowest BCUT2D eigenvalue weighted by Crippen LogP contribution is -2.29. The van der Waals surface area contributed by atoms with Gasteiger partial charge in [0.05, 0.1) is 5.71 Å². The highest BCUT2D eigenvalue weighted by atomic mass is 32.2. The van der Waals surface area contributed by atoms with Crippen LogP contribution in [0.4, 0.5) is 0 Å². The van der Waals surface area contributed by atoms with Crippen LogP contribution < -0.4 is 0 Å². The first-order valence-electron chi connectivity index (χ1n) is 9.45. The largest absolute Gasteiger partial charge is 0.289 e. The fourth-order valence-corrected chi connectivity index (χ4v) is 8.92. The van der Waals surface area contributed by atoms with Crippen LogP contribution in [0.5, 0.6) is 0 Å². The van der Waals surface area contributed by atoms with Gasteiger partial charge in [-0.25, -0.2) is 0 Å². The Morgan fingerprint density at radius 1 is 1.08 bits per heavy atom. The molecule has 0 N–H and O–H groups in total. The van der Waals surface area contributed by atoms with Gasteiger partial charge in [0, 0.05) is 30.9 Å². The van der Waals surface area contributed by atoms with Crippen LogP contribution in [0.25, 0.3) is 0 Å². The zero-order valence-corrected chi connectivity index (χ0v) is 17.6. The third-order valence-corrected chi connectivity index (χ3v) is 9.96. The van der Waals surface area contributed by atoms with E-state index in [4.69, 9.17) is 0 Å². The van der Waals surface area contributed by atoms with E-state index in [9.17, 15) is 0 Å². The minimum Gasteiger partial charge on any atom is -0.289 e. The first-order valence-corrected chi connectivity index (χ1v) is 12.4. The van der Waals surface area contributed by atoms with E-state index in [0.29, 0.717) is 12.1 Å². The molecule has 0 saturated carbocycles. The minimum absolute atomic E-state index is 0.182. The summed E-state index contributed by atoms with van der Waals surface area (Å²) in [7, 11) is 4.57. The van der Waals surface area contributed by atoms with Crippen molar-refractivity contribution in [2.75, 3.05) is 32.4 Å². The average molecular weight is 388 g/mol. The molecule has 4 aliphatic rings. The summed E-state index contributed by atoms with van der Waals surface area (Å²) in [4.78, 5) is 13.0. The Morgan fingerprint density at radius 3 is 2.35 bits per heavy atom. The van der Waals surface area contributed by atoms with Gasteiger partial charge in [-0.15, -0.1) is 21.0 Å². The van der Waals surface area contributed by atoms with Gasteiger partial charge in [-0.2, -0.15) is 0 Å². The molecule has 0 aromatic heterocycles. The van der Waals surface area contributed by atoms with Gasteiger partial charge in [0.2, 0.25) is 0 Å². The van der Waals surface area contributed by atoms with Crippen LogP contribution in [-0.2, 0) is 0 Å². The molecule has 4 atom stereocenters. The highest BCUT2D eigenvalue weighted by Gasteiger charge is 2.32. The quantitative estimate of drug-likeness (QED) is 0.541. The summed E-state index contributed by atoms with van der Waals surface area (Å²) in [6.45, 7) is 3.41. The van der Waals surface area contributed by atoms with Crippen LogP contribution in [0, 0.1) is 0 Å². The number of aliphatic imine (C=N–C) groups is 1. The predicted octanol–water partition coefficient (Wildman–Crippen LogP) is 3.82. The lowest BCUT2D eigenvalue weighted by Gasteiger charge is -2.22. The van der Waals surface area contributed by atoms with Gasteiger partial charge in [-0.1, -0.05) is 43.4 Å². The van der Waals surface area contributed by atoms with Crippen LogP contribution in [0.2, 0.25) is 0 Å². The monoisotopic (exact) mass is 387 g/mol. The van der Waals surface area contributed by atoms with Crippen molar-refractivity contribution in [3.8, 4) is 0 Å². The van der Waals surface area contributed by atoms with Crippen molar-refractivity contribution in [1.82, 2.24) is 9.80 Å². The van der Waals surface area contributed by atoms with Gasteiger partial charge in [-0.05, 0) is 47.0 Å². The molecule has 2 aliphatic carbocycles. The molecule has 4 rings (SSSR count). The minimum atomic E-state index is 0.182. The number of rotatable bonds is 3. The molecule has 0 radical (unpaired) electrons. The first kappa shape index (κ1) is 18.4. The standard InChI is InChI=1S/C21H29N3S2/c1-4-24-16-26(21-12-8-6-10-19(21)24)14-17(22-2)13-25-15-23(3)18-9-5-7-11-20(18)25/h5-8,11-14,18-19H,4,9-10,15-16H2,1-3H3. The second-order valence-corrected chi connectivity index (χ2v) is 10.8. The van der Waals surface area contributed by atoms with E-state index >= 15 is 0 Å². The molecule has 0 bridgehead atoms. The summed E-state index contributed by atoms with van der Waals surface area (Å²) in [5.74, 6) is 2.29. The van der Waals surface area contributed by atoms with Gasteiger partial charge in [0.1, 0.15) is 0 Å². The van der Waals surface area contributed by atoms with E-state index in [1.54, 1.807) is 9.81 Å². The molecule has 3 nitrogen and oxygen atoms in total. The molecule has 0 amide bonds. The van der Waals surface area contributed by atoms with E-state index in [2.05, 4.69) is 76.0 Å². The number of hydrogen-bond donors (Lipinski definition) is 0. The van der Waals surface area contributed by atoms with Crippen molar-refractivity contribution >= 4 is 37.4 Å². The van der Waals surface area contributed by atoms with Crippen molar-refractivity contribution in [1.29, 1.82) is 0 Å². The van der Waals surface area contributed by atoms with Crippen LogP contribution >= 0.6 is 21.0 Å². The highest BCUT2D eigenvalue weighted by Crippen LogP contribution is 2.43. The fraction of sp³-hybridized carbons (Fsp3) is 0.476. The summed E-state index contributed by atoms with van der Waals surface area (Å²) in [6.07, 6.45) is 16.1. The maximum absolute atomic E-state index is 4.66. The molecule has 2 fully saturated rings. The number of likely N-dealkylation sites (N-methyl/N-ethyl adjacent to an activating group) is 2. The highest BCUT2D eigenvalue weighted by molar-refractivity contribution is 8.21. The van der Waals surface area contributed by atoms with Crippen LogP contribution in [-0.4, -0.2) is 70.7 Å². The molecule has 0 spiro atoms. The number of fused-ring (bicyclic) bond motifs is 2. The summed E-state index contributed by atoms with van der Waals surface area (Å²) in [6, 6.07) is 1.20. The first-order chi connectivity index (χ1) is 12.7. The molecule has 4 unspecified atom stereocenters. The predicted molar refractivity (Wildman–Crippen MR) is 122 cm³/mol. The van der Waals surface area contributed by atoms with Gasteiger partial charge in [0.25, 0.3) is 0 Å². The second-order valence-electron chi connectivity index (χ2n) is 7.16. The molecular weight excluding hydrogens is 358 g/mol. The van der Waals surface area contributed by atoms with Crippen molar-refractivity contribution in [3.63, 3.8) is 0 Å². The summed E-state index contributed by atoms with van der Waals surface area (Å²) >= 11 is 0. The average Bonchev–Trinajstić information content (AvgIpc) is 3.19. The number of nitrogens with zero attached hydrogens (tertiary/aromatic N) is 3. The van der Waals surface area contributed by atoms with Crippen molar-refractivity contribution in [2.24, 2.45) is 4.99 Å². The Bertz CT molecular complexity index is 798. The zero-order chi connectivity index (χ0) is 18.1. The van der Waals surface area contributed by atoms with Gasteiger partial charge in [0.15, 0.2) is 0 Å². The Morgan fingerprint density at radius 2 is 1.69 bits per heavy atom. The van der Waals surface area contributed by atoms with E-state index in [1.807, 2.05) is 7.05 Å². The number of hydrogen-bond acceptors (Lipinski definition) is 3. The summed E-state index contributed by atoms with van der Waals surface area (Å²) in [5.41, 5.74) is 1.19. The van der Waals surface area contributed by atoms with Crippen LogP contribution in [0.1, 0.15) is 19.8 Å². The zero-order valence-electron chi connectivity index (χ0n) is 16.0. The Hall–Kier alpha value is -1.01. The maximum atomic E-state index is 4.66.